The third-order valence-corrected chi connectivity index (χ3v) is 4.55. The lowest BCUT2D eigenvalue weighted by atomic mass is 9.80. The van der Waals surface area contributed by atoms with Gasteiger partial charge in [-0.2, -0.15) is 0 Å². The Morgan fingerprint density at radius 3 is 2.21 bits per heavy atom. The van der Waals surface area contributed by atoms with Gasteiger partial charge in [0.2, 0.25) is 5.88 Å². The molecule has 0 spiro atoms. The third-order valence-electron chi connectivity index (χ3n) is 4.55. The van der Waals surface area contributed by atoms with E-state index in [0.29, 0.717) is 11.6 Å². The maximum Gasteiger partial charge on any atom is 0.496 e. The SMILES string of the molecule is COc1cccc(Oc2ccc(B3OC(C)(C)C(C)(C)O3)cn2)c1. The summed E-state index contributed by atoms with van der Waals surface area (Å²) in [7, 11) is 1.20. The van der Waals surface area contributed by atoms with Crippen molar-refractivity contribution in [1.82, 2.24) is 4.98 Å². The van der Waals surface area contributed by atoms with E-state index in [1.54, 1.807) is 19.4 Å². The normalized spacial score (nSPS) is 18.5. The van der Waals surface area contributed by atoms with Crippen LogP contribution in [0.1, 0.15) is 27.7 Å². The molecular formula is C18H22BNO4. The highest BCUT2D eigenvalue weighted by Gasteiger charge is 2.51. The molecule has 1 aliphatic heterocycles. The first-order valence-corrected chi connectivity index (χ1v) is 7.94. The van der Waals surface area contributed by atoms with Crippen molar-refractivity contribution in [3.05, 3.63) is 42.6 Å². The molecule has 2 aromatic rings. The first kappa shape index (κ1) is 16.8. The van der Waals surface area contributed by atoms with Gasteiger partial charge in [-0.05, 0) is 39.8 Å². The van der Waals surface area contributed by atoms with Crippen molar-refractivity contribution in [3.63, 3.8) is 0 Å². The van der Waals surface area contributed by atoms with Gasteiger partial charge in [0, 0.05) is 23.8 Å². The smallest absolute Gasteiger partial charge is 0.496 e. The van der Waals surface area contributed by atoms with Gasteiger partial charge in [-0.15, -0.1) is 0 Å². The molecule has 6 heteroatoms. The van der Waals surface area contributed by atoms with Gasteiger partial charge in [-0.3, -0.25) is 0 Å². The van der Waals surface area contributed by atoms with Crippen LogP contribution in [0.4, 0.5) is 0 Å². The van der Waals surface area contributed by atoms with E-state index < -0.39 is 7.12 Å². The number of hydrogen-bond donors (Lipinski definition) is 0. The quantitative estimate of drug-likeness (QED) is 0.807. The fourth-order valence-corrected chi connectivity index (χ4v) is 2.36. The molecule has 0 N–H and O–H groups in total. The first-order chi connectivity index (χ1) is 11.3. The molecule has 24 heavy (non-hydrogen) atoms. The van der Waals surface area contributed by atoms with Crippen molar-refractivity contribution in [3.8, 4) is 17.4 Å². The molecule has 1 aromatic heterocycles. The van der Waals surface area contributed by atoms with Crippen molar-refractivity contribution < 1.29 is 18.8 Å². The molecule has 5 nitrogen and oxygen atoms in total. The second-order valence-electron chi connectivity index (χ2n) is 6.80. The maximum absolute atomic E-state index is 6.02. The zero-order valence-electron chi connectivity index (χ0n) is 14.7. The van der Waals surface area contributed by atoms with Crippen LogP contribution in [-0.4, -0.2) is 30.4 Å². The number of rotatable bonds is 4. The van der Waals surface area contributed by atoms with Crippen molar-refractivity contribution >= 4 is 12.6 Å². The molecule has 1 aromatic carbocycles. The van der Waals surface area contributed by atoms with Gasteiger partial charge in [0.15, 0.2) is 0 Å². The average Bonchev–Trinajstić information content (AvgIpc) is 2.76. The number of aromatic nitrogens is 1. The van der Waals surface area contributed by atoms with Gasteiger partial charge in [0.05, 0.1) is 18.3 Å². The lowest BCUT2D eigenvalue weighted by Crippen LogP contribution is -2.41. The van der Waals surface area contributed by atoms with Crippen LogP contribution in [0.2, 0.25) is 0 Å². The summed E-state index contributed by atoms with van der Waals surface area (Å²) in [5.74, 6) is 1.91. The highest BCUT2D eigenvalue weighted by atomic mass is 16.7. The molecule has 126 valence electrons. The van der Waals surface area contributed by atoms with E-state index in [9.17, 15) is 0 Å². The van der Waals surface area contributed by atoms with Gasteiger partial charge in [-0.25, -0.2) is 4.98 Å². The Balaban J connectivity index is 1.72. The van der Waals surface area contributed by atoms with Gasteiger partial charge < -0.3 is 18.8 Å². The largest absolute Gasteiger partial charge is 0.497 e. The van der Waals surface area contributed by atoms with Crippen LogP contribution in [0.15, 0.2) is 42.6 Å². The van der Waals surface area contributed by atoms with Crippen LogP contribution in [0.5, 0.6) is 17.4 Å². The molecule has 2 heterocycles. The van der Waals surface area contributed by atoms with Crippen LogP contribution >= 0.6 is 0 Å². The fourth-order valence-electron chi connectivity index (χ4n) is 2.36. The second-order valence-corrected chi connectivity index (χ2v) is 6.80. The van der Waals surface area contributed by atoms with Crippen molar-refractivity contribution in [2.75, 3.05) is 7.11 Å². The van der Waals surface area contributed by atoms with E-state index in [-0.39, 0.29) is 11.2 Å². The van der Waals surface area contributed by atoms with Crippen LogP contribution in [0.25, 0.3) is 0 Å². The Bertz CT molecular complexity index is 699. The topological polar surface area (TPSA) is 49.8 Å². The molecule has 0 atom stereocenters. The first-order valence-electron chi connectivity index (χ1n) is 7.94. The Labute approximate surface area is 143 Å². The maximum atomic E-state index is 6.02. The molecule has 0 amide bonds. The molecule has 1 saturated heterocycles. The highest BCUT2D eigenvalue weighted by Crippen LogP contribution is 2.36. The van der Waals surface area contributed by atoms with Crippen LogP contribution in [0, 0.1) is 0 Å². The van der Waals surface area contributed by atoms with E-state index in [4.69, 9.17) is 18.8 Å². The number of hydrogen-bond acceptors (Lipinski definition) is 5. The summed E-state index contributed by atoms with van der Waals surface area (Å²) in [5.41, 5.74) is 0.132. The Morgan fingerprint density at radius 1 is 0.958 bits per heavy atom. The van der Waals surface area contributed by atoms with E-state index in [1.807, 2.05) is 58.0 Å². The van der Waals surface area contributed by atoms with E-state index >= 15 is 0 Å². The standard InChI is InChI=1S/C18H22BNO4/c1-17(2)18(3,4)24-19(23-17)13-9-10-16(20-12-13)22-15-8-6-7-14(11-15)21-5/h6-12H,1-5H3. The highest BCUT2D eigenvalue weighted by molar-refractivity contribution is 6.62. The van der Waals surface area contributed by atoms with Gasteiger partial charge >= 0.3 is 7.12 Å². The zero-order valence-corrected chi connectivity index (χ0v) is 14.7. The minimum absolute atomic E-state index is 0.368. The molecule has 0 saturated carbocycles. The summed E-state index contributed by atoms with van der Waals surface area (Å²) in [5, 5.41) is 0. The summed E-state index contributed by atoms with van der Waals surface area (Å²) < 4.78 is 23.0. The van der Waals surface area contributed by atoms with Crippen LogP contribution in [-0.2, 0) is 9.31 Å². The van der Waals surface area contributed by atoms with E-state index in [0.717, 1.165) is 11.2 Å². The second kappa shape index (κ2) is 6.11. The fraction of sp³-hybridized carbons (Fsp3) is 0.389. The molecule has 0 aliphatic carbocycles. The van der Waals surface area contributed by atoms with Crippen molar-refractivity contribution in [1.29, 1.82) is 0 Å². The molecular weight excluding hydrogens is 305 g/mol. The number of benzene rings is 1. The number of ether oxygens (including phenoxy) is 2. The van der Waals surface area contributed by atoms with Gasteiger partial charge in [0.1, 0.15) is 11.5 Å². The van der Waals surface area contributed by atoms with Gasteiger partial charge in [-0.1, -0.05) is 12.1 Å². The molecule has 0 radical (unpaired) electrons. The Kier molecular flexibility index (Phi) is 4.28. The minimum Gasteiger partial charge on any atom is -0.497 e. The predicted molar refractivity (Wildman–Crippen MR) is 93.0 cm³/mol. The number of methoxy groups -OCH3 is 1. The number of nitrogens with zero attached hydrogens (tertiary/aromatic N) is 1. The molecule has 0 unspecified atom stereocenters. The zero-order chi connectivity index (χ0) is 17.4. The number of pyridine rings is 1. The lowest BCUT2D eigenvalue weighted by Gasteiger charge is -2.32. The molecule has 1 aliphatic rings. The van der Waals surface area contributed by atoms with E-state index in [2.05, 4.69) is 4.98 Å². The van der Waals surface area contributed by atoms with Crippen LogP contribution in [0.3, 0.4) is 0 Å². The van der Waals surface area contributed by atoms with Crippen molar-refractivity contribution in [2.45, 2.75) is 38.9 Å². The van der Waals surface area contributed by atoms with E-state index in [1.165, 1.54) is 0 Å². The lowest BCUT2D eigenvalue weighted by molar-refractivity contribution is 0.00578. The minimum atomic E-state index is -0.423. The van der Waals surface area contributed by atoms with Crippen molar-refractivity contribution in [2.24, 2.45) is 0 Å². The summed E-state index contributed by atoms with van der Waals surface area (Å²) in [6, 6.07) is 11.1. The summed E-state index contributed by atoms with van der Waals surface area (Å²) in [4.78, 5) is 4.35. The van der Waals surface area contributed by atoms with Crippen LogP contribution < -0.4 is 14.9 Å². The average molecular weight is 327 g/mol. The summed E-state index contributed by atoms with van der Waals surface area (Å²) >= 11 is 0. The molecule has 3 rings (SSSR count). The summed E-state index contributed by atoms with van der Waals surface area (Å²) in [6.45, 7) is 8.11. The third kappa shape index (κ3) is 3.25. The summed E-state index contributed by atoms with van der Waals surface area (Å²) in [6.07, 6.45) is 1.72. The molecule has 1 fully saturated rings. The Morgan fingerprint density at radius 2 is 1.62 bits per heavy atom. The monoisotopic (exact) mass is 327 g/mol. The Hall–Kier alpha value is -2.05. The predicted octanol–water partition coefficient (Wildman–Crippen LogP) is 3.18. The van der Waals surface area contributed by atoms with Gasteiger partial charge in [0.25, 0.3) is 0 Å². The molecule has 0 bridgehead atoms.